The van der Waals surface area contributed by atoms with Crippen molar-refractivity contribution in [2.45, 2.75) is 18.9 Å². The molecule has 92 valence electrons. The van der Waals surface area contributed by atoms with Gasteiger partial charge in [-0.2, -0.15) is 0 Å². The average molecular weight is 259 g/mol. The Morgan fingerprint density at radius 3 is 2.06 bits per heavy atom. The lowest BCUT2D eigenvalue weighted by molar-refractivity contribution is 0.113. The van der Waals surface area contributed by atoms with Crippen LogP contribution in [-0.4, -0.2) is 5.11 Å². The van der Waals surface area contributed by atoms with E-state index in [9.17, 15) is 5.11 Å². The highest BCUT2D eigenvalue weighted by molar-refractivity contribution is 6.30. The molecule has 0 heterocycles. The Bertz CT molecular complexity index is 522. The van der Waals surface area contributed by atoms with E-state index in [0.717, 1.165) is 18.4 Å². The highest BCUT2D eigenvalue weighted by atomic mass is 35.5. The van der Waals surface area contributed by atoms with Gasteiger partial charge in [0.25, 0.3) is 0 Å². The summed E-state index contributed by atoms with van der Waals surface area (Å²) >= 11 is 5.87. The van der Waals surface area contributed by atoms with E-state index in [0.29, 0.717) is 5.02 Å². The molecule has 1 aliphatic rings. The van der Waals surface area contributed by atoms with Gasteiger partial charge in [-0.05, 0) is 47.6 Å². The molecule has 0 bridgehead atoms. The van der Waals surface area contributed by atoms with Crippen molar-refractivity contribution in [1.29, 1.82) is 0 Å². The molecule has 1 nitrogen and oxygen atoms in total. The lowest BCUT2D eigenvalue weighted by Gasteiger charge is -2.18. The maximum absolute atomic E-state index is 10.4. The van der Waals surface area contributed by atoms with E-state index in [2.05, 4.69) is 24.3 Å². The lowest BCUT2D eigenvalue weighted by atomic mass is 9.93. The molecule has 0 fully saturated rings. The summed E-state index contributed by atoms with van der Waals surface area (Å²) < 4.78 is 0. The predicted molar refractivity (Wildman–Crippen MR) is 73.8 cm³/mol. The van der Waals surface area contributed by atoms with Gasteiger partial charge in [0.15, 0.2) is 0 Å². The normalized spacial score (nSPS) is 16.6. The summed E-state index contributed by atoms with van der Waals surface area (Å²) in [5.74, 6) is 0.281. The number of hydrogen-bond acceptors (Lipinski definition) is 1. The second-order valence-corrected chi connectivity index (χ2v) is 5.37. The molecule has 18 heavy (non-hydrogen) atoms. The zero-order valence-corrected chi connectivity index (χ0v) is 10.8. The maximum Gasteiger partial charge on any atom is 0.0824 e. The van der Waals surface area contributed by atoms with Gasteiger partial charge in [-0.15, -0.1) is 0 Å². The molecule has 1 N–H and O–H groups in total. The van der Waals surface area contributed by atoms with E-state index in [1.807, 2.05) is 24.3 Å². The van der Waals surface area contributed by atoms with Crippen LogP contribution in [0.5, 0.6) is 0 Å². The second kappa shape index (κ2) is 4.75. The number of fused-ring (bicyclic) bond motifs is 1. The first-order chi connectivity index (χ1) is 8.74. The highest BCUT2D eigenvalue weighted by Crippen LogP contribution is 2.35. The summed E-state index contributed by atoms with van der Waals surface area (Å²) in [5, 5.41) is 11.1. The van der Waals surface area contributed by atoms with Gasteiger partial charge >= 0.3 is 0 Å². The van der Waals surface area contributed by atoms with Gasteiger partial charge in [0.05, 0.1) is 6.10 Å². The number of aliphatic hydroxyl groups excluding tert-OH is 1. The van der Waals surface area contributed by atoms with Crippen molar-refractivity contribution in [2.75, 3.05) is 0 Å². The fraction of sp³-hybridized carbons (Fsp3) is 0.250. The molecule has 0 spiro atoms. The van der Waals surface area contributed by atoms with Crippen molar-refractivity contribution < 1.29 is 5.11 Å². The number of halogens is 1. The van der Waals surface area contributed by atoms with Crippen molar-refractivity contribution >= 4 is 11.6 Å². The SMILES string of the molecule is OC(c1ccc(Cl)cc1)C1Cc2ccccc2C1. The van der Waals surface area contributed by atoms with E-state index >= 15 is 0 Å². The largest absolute Gasteiger partial charge is 0.388 e. The van der Waals surface area contributed by atoms with Crippen molar-refractivity contribution in [2.24, 2.45) is 5.92 Å². The third kappa shape index (κ3) is 2.16. The van der Waals surface area contributed by atoms with E-state index in [4.69, 9.17) is 11.6 Å². The molecular weight excluding hydrogens is 244 g/mol. The Balaban J connectivity index is 1.80. The zero-order valence-electron chi connectivity index (χ0n) is 10.0. The van der Waals surface area contributed by atoms with Crippen molar-refractivity contribution in [3.8, 4) is 0 Å². The van der Waals surface area contributed by atoms with Crippen LogP contribution >= 0.6 is 11.6 Å². The molecule has 0 saturated heterocycles. The molecule has 0 radical (unpaired) electrons. The van der Waals surface area contributed by atoms with Crippen molar-refractivity contribution in [3.63, 3.8) is 0 Å². The molecule has 0 aromatic heterocycles. The van der Waals surface area contributed by atoms with Gasteiger partial charge < -0.3 is 5.11 Å². The van der Waals surface area contributed by atoms with Crippen LogP contribution in [-0.2, 0) is 12.8 Å². The van der Waals surface area contributed by atoms with Gasteiger partial charge in [0.1, 0.15) is 0 Å². The van der Waals surface area contributed by atoms with E-state index in [-0.39, 0.29) is 5.92 Å². The summed E-state index contributed by atoms with van der Waals surface area (Å²) in [6.45, 7) is 0. The van der Waals surface area contributed by atoms with Crippen LogP contribution in [0.25, 0.3) is 0 Å². The van der Waals surface area contributed by atoms with Crippen LogP contribution in [0, 0.1) is 5.92 Å². The molecule has 2 heteroatoms. The highest BCUT2D eigenvalue weighted by Gasteiger charge is 2.27. The van der Waals surface area contributed by atoms with Gasteiger partial charge in [-0.3, -0.25) is 0 Å². The Labute approximate surface area is 112 Å². The quantitative estimate of drug-likeness (QED) is 0.869. The Kier molecular flexibility index (Phi) is 3.11. The summed E-state index contributed by atoms with van der Waals surface area (Å²) in [7, 11) is 0. The lowest BCUT2D eigenvalue weighted by Crippen LogP contribution is -2.12. The van der Waals surface area contributed by atoms with Crippen LogP contribution in [0.2, 0.25) is 5.02 Å². The fourth-order valence-electron chi connectivity index (χ4n) is 2.75. The molecule has 1 unspecified atom stereocenters. The standard InChI is InChI=1S/C16H15ClO/c17-15-7-5-11(6-8-15)16(18)14-9-12-3-1-2-4-13(12)10-14/h1-8,14,16,18H,9-10H2. The van der Waals surface area contributed by atoms with Crippen LogP contribution in [0.3, 0.4) is 0 Å². The first kappa shape index (κ1) is 11.8. The number of aliphatic hydroxyl groups is 1. The average Bonchev–Trinajstić information content (AvgIpc) is 2.82. The molecule has 0 aliphatic heterocycles. The van der Waals surface area contributed by atoms with Crippen LogP contribution in [0.15, 0.2) is 48.5 Å². The van der Waals surface area contributed by atoms with Crippen LogP contribution in [0.4, 0.5) is 0 Å². The monoisotopic (exact) mass is 258 g/mol. The van der Waals surface area contributed by atoms with Crippen LogP contribution in [0.1, 0.15) is 22.8 Å². The second-order valence-electron chi connectivity index (χ2n) is 4.93. The minimum atomic E-state index is -0.408. The molecule has 1 atom stereocenters. The Hall–Kier alpha value is -1.31. The summed E-state index contributed by atoms with van der Waals surface area (Å²) in [5.41, 5.74) is 3.70. The summed E-state index contributed by atoms with van der Waals surface area (Å²) in [6, 6.07) is 15.9. The molecule has 0 saturated carbocycles. The smallest absolute Gasteiger partial charge is 0.0824 e. The first-order valence-electron chi connectivity index (χ1n) is 6.24. The Morgan fingerprint density at radius 2 is 1.50 bits per heavy atom. The topological polar surface area (TPSA) is 20.2 Å². The molecule has 2 aromatic carbocycles. The fourth-order valence-corrected chi connectivity index (χ4v) is 2.87. The summed E-state index contributed by atoms with van der Waals surface area (Å²) in [4.78, 5) is 0. The zero-order chi connectivity index (χ0) is 12.5. The molecule has 1 aliphatic carbocycles. The van der Waals surface area contributed by atoms with Crippen LogP contribution < -0.4 is 0 Å². The van der Waals surface area contributed by atoms with Gasteiger partial charge in [-0.1, -0.05) is 48.0 Å². The number of benzene rings is 2. The van der Waals surface area contributed by atoms with Gasteiger partial charge in [0.2, 0.25) is 0 Å². The first-order valence-corrected chi connectivity index (χ1v) is 6.62. The molecular formula is C16H15ClO. The van der Waals surface area contributed by atoms with E-state index in [1.54, 1.807) is 0 Å². The maximum atomic E-state index is 10.4. The number of hydrogen-bond donors (Lipinski definition) is 1. The van der Waals surface area contributed by atoms with Crippen molar-refractivity contribution in [1.82, 2.24) is 0 Å². The predicted octanol–water partition coefficient (Wildman–Crippen LogP) is 3.79. The third-order valence-corrected chi connectivity index (χ3v) is 3.99. The number of rotatable bonds is 2. The Morgan fingerprint density at radius 1 is 0.944 bits per heavy atom. The third-order valence-electron chi connectivity index (χ3n) is 3.74. The van der Waals surface area contributed by atoms with Gasteiger partial charge in [-0.25, -0.2) is 0 Å². The van der Waals surface area contributed by atoms with E-state index in [1.165, 1.54) is 11.1 Å². The minimum Gasteiger partial charge on any atom is -0.388 e. The molecule has 0 amide bonds. The molecule has 3 rings (SSSR count). The minimum absolute atomic E-state index is 0.281. The molecule has 2 aromatic rings. The summed E-state index contributed by atoms with van der Waals surface area (Å²) in [6.07, 6.45) is 1.51. The van der Waals surface area contributed by atoms with E-state index < -0.39 is 6.10 Å². The van der Waals surface area contributed by atoms with Crippen molar-refractivity contribution in [3.05, 3.63) is 70.2 Å². The van der Waals surface area contributed by atoms with Gasteiger partial charge in [0, 0.05) is 5.02 Å².